The van der Waals surface area contributed by atoms with Gasteiger partial charge in [0.2, 0.25) is 12.1 Å². The molecule has 190 valence electrons. The van der Waals surface area contributed by atoms with Crippen LogP contribution in [0.1, 0.15) is 12.5 Å². The molecule has 1 amide bonds. The average molecular weight is 496 g/mol. The number of ether oxygens (including phenoxy) is 2. The zero-order valence-corrected chi connectivity index (χ0v) is 18.6. The maximum atomic E-state index is 13.4. The molecular weight excluding hydrogens is 470 g/mol. The van der Waals surface area contributed by atoms with Crippen LogP contribution in [-0.4, -0.2) is 75.5 Å². The van der Waals surface area contributed by atoms with Gasteiger partial charge in [-0.2, -0.15) is 8.78 Å². The van der Waals surface area contributed by atoms with Crippen LogP contribution in [0.5, 0.6) is 5.75 Å². The van der Waals surface area contributed by atoms with Crippen LogP contribution in [-0.2, 0) is 16.0 Å². The quantitative estimate of drug-likeness (QED) is 0.293. The Hall–Kier alpha value is -3.32. The van der Waals surface area contributed by atoms with Crippen molar-refractivity contribution in [2.24, 2.45) is 0 Å². The molecule has 1 saturated heterocycles. The second-order valence-corrected chi connectivity index (χ2v) is 8.21. The summed E-state index contributed by atoms with van der Waals surface area (Å²) in [5, 5.41) is 41.2. The Morgan fingerprint density at radius 3 is 2.49 bits per heavy atom. The van der Waals surface area contributed by atoms with Crippen molar-refractivity contribution in [3.8, 4) is 16.9 Å². The van der Waals surface area contributed by atoms with Gasteiger partial charge in [0.05, 0.1) is 6.61 Å². The molecule has 2 aromatic carbocycles. The molecule has 12 heteroatoms. The number of aliphatic hydroxyl groups excluding tert-OH is 3. The molecule has 0 aromatic heterocycles. The zero-order valence-electron chi connectivity index (χ0n) is 18.6. The van der Waals surface area contributed by atoms with Crippen molar-refractivity contribution in [1.29, 1.82) is 0 Å². The van der Waals surface area contributed by atoms with E-state index in [-0.39, 0.29) is 11.4 Å². The Morgan fingerprint density at radius 1 is 1.17 bits per heavy atom. The van der Waals surface area contributed by atoms with Crippen molar-refractivity contribution in [3.05, 3.63) is 48.0 Å². The zero-order chi connectivity index (χ0) is 25.9. The van der Waals surface area contributed by atoms with Crippen LogP contribution in [0.4, 0.5) is 19.3 Å². The van der Waals surface area contributed by atoms with Crippen molar-refractivity contribution >= 4 is 17.6 Å². The Morgan fingerprint density at radius 2 is 1.86 bits per heavy atom. The Kier molecular flexibility index (Phi) is 7.90. The maximum absolute atomic E-state index is 13.4. The third-order valence-corrected chi connectivity index (χ3v) is 5.54. The van der Waals surface area contributed by atoms with Crippen LogP contribution < -0.4 is 15.8 Å². The molecule has 0 radical (unpaired) electrons. The third-order valence-electron chi connectivity index (χ3n) is 5.54. The van der Waals surface area contributed by atoms with Crippen LogP contribution in [0.15, 0.2) is 42.5 Å². The monoisotopic (exact) mass is 496 g/mol. The van der Waals surface area contributed by atoms with Gasteiger partial charge in [0.1, 0.15) is 30.1 Å². The fourth-order valence-corrected chi connectivity index (χ4v) is 3.74. The molecule has 1 heterocycles. The summed E-state index contributed by atoms with van der Waals surface area (Å²) in [4.78, 5) is 23.0. The largest absolute Gasteiger partial charge is 0.465 e. The molecule has 0 saturated carbocycles. The van der Waals surface area contributed by atoms with E-state index in [1.807, 2.05) is 5.32 Å². The highest BCUT2D eigenvalue weighted by Crippen LogP contribution is 2.37. The molecule has 10 nitrogen and oxygen atoms in total. The summed E-state index contributed by atoms with van der Waals surface area (Å²) in [6.45, 7) is -0.156. The number of aliphatic hydroxyl groups is 3. The molecule has 1 aliphatic heterocycles. The van der Waals surface area contributed by atoms with Crippen LogP contribution >= 0.6 is 0 Å². The summed E-state index contributed by atoms with van der Waals surface area (Å²) in [7, 11) is 0. The van der Waals surface area contributed by atoms with Gasteiger partial charge in [-0.1, -0.05) is 30.3 Å². The summed E-state index contributed by atoms with van der Waals surface area (Å²) in [6, 6.07) is 9.29. The Labute approximate surface area is 198 Å². The molecule has 0 bridgehead atoms. The van der Waals surface area contributed by atoms with Gasteiger partial charge >= 0.3 is 12.0 Å². The molecule has 1 fully saturated rings. The van der Waals surface area contributed by atoms with Crippen molar-refractivity contribution < 1.29 is 48.3 Å². The van der Waals surface area contributed by atoms with Crippen LogP contribution in [0, 0.1) is 0 Å². The highest BCUT2D eigenvalue weighted by atomic mass is 19.3. The summed E-state index contributed by atoms with van der Waals surface area (Å²) in [5.41, 5.74) is 7.38. The van der Waals surface area contributed by atoms with E-state index < -0.39 is 61.5 Å². The smallest absolute Gasteiger partial charge is 0.405 e. The number of amides is 1. The number of Topliss-reactive ketones (excluding diaryl/α,β-unsaturated/α-hetero) is 1. The van der Waals surface area contributed by atoms with Gasteiger partial charge in [-0.25, -0.2) is 4.79 Å². The average Bonchev–Trinajstić information content (AvgIpc) is 2.78. The number of hydrogen-bond acceptors (Lipinski definition) is 8. The predicted molar refractivity (Wildman–Crippen MR) is 119 cm³/mol. The minimum Gasteiger partial charge on any atom is -0.465 e. The molecule has 35 heavy (non-hydrogen) atoms. The minimum absolute atomic E-state index is 0.0803. The predicted octanol–water partition coefficient (Wildman–Crippen LogP) is 1.16. The molecule has 3 rings (SSSR count). The molecule has 0 aliphatic carbocycles. The molecule has 2 unspecified atom stereocenters. The molecule has 2 aromatic rings. The van der Waals surface area contributed by atoms with Gasteiger partial charge in [0, 0.05) is 24.6 Å². The Bertz CT molecular complexity index is 1080. The number of alkyl halides is 2. The number of nitrogens with one attached hydrogen (secondary N) is 1. The van der Waals surface area contributed by atoms with E-state index in [1.165, 1.54) is 24.3 Å². The van der Waals surface area contributed by atoms with Gasteiger partial charge in [0.15, 0.2) is 0 Å². The third kappa shape index (κ3) is 6.03. The van der Waals surface area contributed by atoms with Crippen molar-refractivity contribution in [2.45, 2.75) is 49.9 Å². The summed E-state index contributed by atoms with van der Waals surface area (Å²) in [6.07, 6.45) is -8.04. The molecular formula is C23H26F2N2O8. The van der Waals surface area contributed by atoms with E-state index in [9.17, 15) is 33.7 Å². The maximum Gasteiger partial charge on any atom is 0.405 e. The first kappa shape index (κ1) is 26.3. The number of ketones is 1. The summed E-state index contributed by atoms with van der Waals surface area (Å²) < 4.78 is 38.1. The van der Waals surface area contributed by atoms with Crippen molar-refractivity contribution in [2.75, 3.05) is 12.3 Å². The molecule has 0 spiro atoms. The van der Waals surface area contributed by atoms with Gasteiger partial charge in [-0.3, -0.25) is 4.79 Å². The number of nitrogen functional groups attached to an aromatic ring is 1. The first-order chi connectivity index (χ1) is 16.4. The number of benzene rings is 2. The standard InChI is InChI=1S/C23H26F2N2O8/c1-23(24,25)16(29)9-11-4-2-5-12(8-11)17-13(26)6-3-7-14(17)34-21-18(27-22(32)33)20(31)19(30)15(10-28)35-21/h2-8,15,18-21,27-28,30-31H,9-10,26H2,1H3,(H,32,33)/t15?,18?,19-,20+,21+/m0/s1. The van der Waals surface area contributed by atoms with Crippen LogP contribution in [0.25, 0.3) is 11.1 Å². The number of carbonyl (C=O) groups excluding carboxylic acids is 1. The second-order valence-electron chi connectivity index (χ2n) is 8.21. The van der Waals surface area contributed by atoms with E-state index >= 15 is 0 Å². The fraction of sp³-hybridized carbons (Fsp3) is 0.391. The van der Waals surface area contributed by atoms with E-state index in [2.05, 4.69) is 0 Å². The van der Waals surface area contributed by atoms with Crippen molar-refractivity contribution in [3.63, 3.8) is 0 Å². The van der Waals surface area contributed by atoms with E-state index in [1.54, 1.807) is 18.2 Å². The van der Waals surface area contributed by atoms with Crippen LogP contribution in [0.3, 0.4) is 0 Å². The normalized spacial score (nSPS) is 24.6. The number of hydrogen-bond donors (Lipinski definition) is 6. The number of halogens is 2. The number of carbonyl (C=O) groups is 2. The lowest BCUT2D eigenvalue weighted by Crippen LogP contribution is -2.65. The fourth-order valence-electron chi connectivity index (χ4n) is 3.74. The van der Waals surface area contributed by atoms with E-state index in [0.717, 1.165) is 0 Å². The molecule has 1 aliphatic rings. The van der Waals surface area contributed by atoms with Gasteiger partial charge in [0.25, 0.3) is 0 Å². The lowest BCUT2D eigenvalue weighted by Gasteiger charge is -2.41. The SMILES string of the molecule is CC(F)(F)C(=O)Cc1cccc(-c2c(N)cccc2O[C@@H]2OC(CO)[C@H](O)[C@H](O)C2NC(=O)O)c1. The summed E-state index contributed by atoms with van der Waals surface area (Å²) >= 11 is 0. The number of nitrogens with two attached hydrogens (primary N) is 1. The first-order valence-electron chi connectivity index (χ1n) is 10.6. The van der Waals surface area contributed by atoms with Gasteiger partial charge in [-0.15, -0.1) is 0 Å². The van der Waals surface area contributed by atoms with E-state index in [4.69, 9.17) is 20.3 Å². The number of carboxylic acid groups (broad SMARTS) is 1. The first-order valence-corrected chi connectivity index (χ1v) is 10.6. The topological polar surface area (TPSA) is 172 Å². The Balaban J connectivity index is 1.97. The van der Waals surface area contributed by atoms with Crippen molar-refractivity contribution in [1.82, 2.24) is 5.32 Å². The lowest BCUT2D eigenvalue weighted by atomic mass is 9.96. The highest BCUT2D eigenvalue weighted by molar-refractivity contribution is 5.88. The highest BCUT2D eigenvalue weighted by Gasteiger charge is 2.46. The lowest BCUT2D eigenvalue weighted by molar-refractivity contribution is -0.243. The minimum atomic E-state index is -3.49. The second kappa shape index (κ2) is 10.5. The number of anilines is 1. The van der Waals surface area contributed by atoms with E-state index in [0.29, 0.717) is 23.6 Å². The van der Waals surface area contributed by atoms with Crippen LogP contribution in [0.2, 0.25) is 0 Å². The molecule has 7 N–H and O–H groups in total. The van der Waals surface area contributed by atoms with Gasteiger partial charge in [-0.05, 0) is 23.3 Å². The number of rotatable bonds is 8. The summed E-state index contributed by atoms with van der Waals surface area (Å²) in [5.74, 6) is -4.67. The molecule has 5 atom stereocenters. The van der Waals surface area contributed by atoms with Gasteiger partial charge < -0.3 is 41.0 Å².